The van der Waals surface area contributed by atoms with E-state index in [0.717, 1.165) is 17.8 Å². The molecule has 0 atom stereocenters. The summed E-state index contributed by atoms with van der Waals surface area (Å²) in [5.74, 6) is 0.753. The fourth-order valence-electron chi connectivity index (χ4n) is 1.46. The van der Waals surface area contributed by atoms with Crippen molar-refractivity contribution in [3.8, 4) is 0 Å². The van der Waals surface area contributed by atoms with Gasteiger partial charge in [-0.2, -0.15) is 0 Å². The van der Waals surface area contributed by atoms with E-state index in [1.54, 1.807) is 0 Å². The van der Waals surface area contributed by atoms with E-state index in [4.69, 9.17) is 5.73 Å². The molecule has 0 aromatic heterocycles. The third kappa shape index (κ3) is 1.05. The monoisotopic (exact) mass is 160 g/mol. The molecule has 0 amide bonds. The van der Waals surface area contributed by atoms with Crippen LogP contribution in [0.2, 0.25) is 0 Å². The Hall–Kier alpha value is -1.44. The van der Waals surface area contributed by atoms with E-state index in [1.807, 2.05) is 6.20 Å². The van der Waals surface area contributed by atoms with Crippen molar-refractivity contribution in [1.29, 1.82) is 0 Å². The summed E-state index contributed by atoms with van der Waals surface area (Å²) >= 11 is 0. The minimum Gasteiger partial charge on any atom is -0.385 e. The lowest BCUT2D eigenvalue weighted by molar-refractivity contribution is 0.972. The maximum absolute atomic E-state index is 5.78. The summed E-state index contributed by atoms with van der Waals surface area (Å²) in [6.45, 7) is 2.12. The number of hydrogen-bond acceptors (Lipinski definition) is 2. The summed E-state index contributed by atoms with van der Waals surface area (Å²) in [5, 5.41) is 2.99. The van der Waals surface area contributed by atoms with Gasteiger partial charge in [0, 0.05) is 11.8 Å². The van der Waals surface area contributed by atoms with E-state index >= 15 is 0 Å². The van der Waals surface area contributed by atoms with E-state index in [2.05, 4.69) is 30.5 Å². The Morgan fingerprint density at radius 3 is 3.17 bits per heavy atom. The first-order chi connectivity index (χ1) is 5.77. The normalized spacial score (nSPS) is 21.1. The second-order valence-electron chi connectivity index (χ2n) is 3.16. The van der Waals surface area contributed by atoms with Crippen LogP contribution < -0.4 is 11.1 Å². The number of hydrogen-bond donors (Lipinski definition) is 2. The number of nitrogens with one attached hydrogen (secondary N) is 1. The van der Waals surface area contributed by atoms with Crippen LogP contribution in [0.5, 0.6) is 0 Å². The van der Waals surface area contributed by atoms with Crippen molar-refractivity contribution in [3.63, 3.8) is 0 Å². The van der Waals surface area contributed by atoms with Crippen LogP contribution in [-0.4, -0.2) is 0 Å². The molecule has 12 heavy (non-hydrogen) atoms. The molecule has 2 aliphatic rings. The van der Waals surface area contributed by atoms with Gasteiger partial charge in [0.15, 0.2) is 0 Å². The van der Waals surface area contributed by atoms with E-state index in [9.17, 15) is 0 Å². The van der Waals surface area contributed by atoms with E-state index < -0.39 is 0 Å². The Morgan fingerprint density at radius 2 is 2.33 bits per heavy atom. The zero-order valence-corrected chi connectivity index (χ0v) is 7.09. The Balaban J connectivity index is 2.45. The molecule has 1 heterocycles. The average molecular weight is 160 g/mol. The maximum atomic E-state index is 5.78. The summed E-state index contributed by atoms with van der Waals surface area (Å²) in [4.78, 5) is 0. The lowest BCUT2D eigenvalue weighted by atomic mass is 9.94. The first kappa shape index (κ1) is 7.22. The molecule has 1 aliphatic carbocycles. The minimum absolute atomic E-state index is 0.753. The summed E-state index contributed by atoms with van der Waals surface area (Å²) in [7, 11) is 0. The number of nitrogens with two attached hydrogens (primary N) is 1. The largest absolute Gasteiger partial charge is 0.385 e. The molecule has 62 valence electrons. The first-order valence-corrected chi connectivity index (χ1v) is 4.08. The highest BCUT2D eigenvalue weighted by Crippen LogP contribution is 2.25. The van der Waals surface area contributed by atoms with Crippen molar-refractivity contribution in [2.75, 3.05) is 0 Å². The molecule has 0 spiro atoms. The van der Waals surface area contributed by atoms with Crippen LogP contribution in [-0.2, 0) is 0 Å². The highest BCUT2D eigenvalue weighted by Gasteiger charge is 2.11. The highest BCUT2D eigenvalue weighted by molar-refractivity contribution is 5.54. The van der Waals surface area contributed by atoms with Crippen molar-refractivity contribution >= 4 is 0 Å². The lowest BCUT2D eigenvalue weighted by Crippen LogP contribution is -2.20. The molecule has 0 aromatic rings. The van der Waals surface area contributed by atoms with E-state index in [1.165, 1.54) is 11.1 Å². The summed E-state index contributed by atoms with van der Waals surface area (Å²) in [6.07, 6.45) is 9.31. The van der Waals surface area contributed by atoms with E-state index in [0.29, 0.717) is 0 Å². The van der Waals surface area contributed by atoms with Crippen LogP contribution >= 0.6 is 0 Å². The van der Waals surface area contributed by atoms with Gasteiger partial charge < -0.3 is 11.1 Å². The molecule has 0 saturated heterocycles. The molecular weight excluding hydrogens is 148 g/mol. The number of dihydropyridines is 1. The standard InChI is InChI=1S/C10H12N2/c1-7-2-3-8-4-5-12-10(11)9(8)6-7/h3-6,12H,2,11H2,1H3. The molecular formula is C10H12N2. The quantitative estimate of drug-likeness (QED) is 0.564. The molecule has 1 aliphatic heterocycles. The topological polar surface area (TPSA) is 38.0 Å². The average Bonchev–Trinajstić information content (AvgIpc) is 2.07. The van der Waals surface area contributed by atoms with Crippen molar-refractivity contribution in [2.45, 2.75) is 13.3 Å². The highest BCUT2D eigenvalue weighted by atomic mass is 15.0. The Labute approximate surface area is 72.1 Å². The molecule has 2 rings (SSSR count). The maximum Gasteiger partial charge on any atom is 0.108 e. The Kier molecular flexibility index (Phi) is 1.54. The van der Waals surface area contributed by atoms with Crippen LogP contribution in [0.15, 0.2) is 47.0 Å². The molecule has 0 unspecified atom stereocenters. The van der Waals surface area contributed by atoms with Crippen molar-refractivity contribution in [3.05, 3.63) is 47.0 Å². The fourth-order valence-corrected chi connectivity index (χ4v) is 1.46. The number of fused-ring (bicyclic) bond motifs is 1. The lowest BCUT2D eigenvalue weighted by Gasteiger charge is -2.18. The number of rotatable bonds is 0. The third-order valence-electron chi connectivity index (χ3n) is 2.14. The molecule has 0 radical (unpaired) electrons. The smallest absolute Gasteiger partial charge is 0.108 e. The number of allylic oxidation sites excluding steroid dienone is 6. The van der Waals surface area contributed by atoms with Crippen LogP contribution in [0, 0.1) is 0 Å². The van der Waals surface area contributed by atoms with Crippen LogP contribution in [0.25, 0.3) is 0 Å². The van der Waals surface area contributed by atoms with Crippen LogP contribution in [0.4, 0.5) is 0 Å². The Bertz CT molecular complexity index is 330. The summed E-state index contributed by atoms with van der Waals surface area (Å²) in [6, 6.07) is 0. The van der Waals surface area contributed by atoms with Gasteiger partial charge in [-0.1, -0.05) is 17.7 Å². The van der Waals surface area contributed by atoms with Gasteiger partial charge in [-0.15, -0.1) is 0 Å². The van der Waals surface area contributed by atoms with Gasteiger partial charge in [-0.05, 0) is 25.0 Å². The van der Waals surface area contributed by atoms with Gasteiger partial charge in [-0.25, -0.2) is 0 Å². The third-order valence-corrected chi connectivity index (χ3v) is 2.14. The van der Waals surface area contributed by atoms with E-state index in [-0.39, 0.29) is 0 Å². The summed E-state index contributed by atoms with van der Waals surface area (Å²) in [5.41, 5.74) is 9.50. The molecule has 0 aromatic carbocycles. The van der Waals surface area contributed by atoms with Crippen LogP contribution in [0.3, 0.4) is 0 Å². The first-order valence-electron chi connectivity index (χ1n) is 4.08. The zero-order chi connectivity index (χ0) is 8.55. The van der Waals surface area contributed by atoms with Crippen molar-refractivity contribution in [2.24, 2.45) is 5.73 Å². The Morgan fingerprint density at radius 1 is 1.50 bits per heavy atom. The van der Waals surface area contributed by atoms with Crippen molar-refractivity contribution < 1.29 is 0 Å². The molecule has 0 saturated carbocycles. The van der Waals surface area contributed by atoms with Gasteiger partial charge in [0.2, 0.25) is 0 Å². The van der Waals surface area contributed by atoms with Crippen LogP contribution in [0.1, 0.15) is 13.3 Å². The second-order valence-corrected chi connectivity index (χ2v) is 3.16. The second kappa shape index (κ2) is 2.55. The molecule has 0 fully saturated rings. The van der Waals surface area contributed by atoms with Gasteiger partial charge in [0.25, 0.3) is 0 Å². The molecule has 2 nitrogen and oxygen atoms in total. The minimum atomic E-state index is 0.753. The van der Waals surface area contributed by atoms with Gasteiger partial charge in [-0.3, -0.25) is 0 Å². The fraction of sp³-hybridized carbons (Fsp3) is 0.200. The van der Waals surface area contributed by atoms with Gasteiger partial charge in [0.1, 0.15) is 5.82 Å². The SMILES string of the molecule is CC1=CC2=C(N)NC=CC2=CC1. The molecule has 3 N–H and O–H groups in total. The molecule has 0 bridgehead atoms. The van der Waals surface area contributed by atoms with Crippen molar-refractivity contribution in [1.82, 2.24) is 5.32 Å². The predicted molar refractivity (Wildman–Crippen MR) is 49.9 cm³/mol. The van der Waals surface area contributed by atoms with Gasteiger partial charge >= 0.3 is 0 Å². The predicted octanol–water partition coefficient (Wildman–Crippen LogP) is 1.55. The zero-order valence-electron chi connectivity index (χ0n) is 7.09. The molecule has 2 heteroatoms. The summed E-state index contributed by atoms with van der Waals surface area (Å²) < 4.78 is 0. The van der Waals surface area contributed by atoms with Gasteiger partial charge in [0.05, 0.1) is 0 Å².